The number of carbonyl (C=O) groups is 1. The number of anilines is 1. The van der Waals surface area contributed by atoms with Crippen LogP contribution in [0.25, 0.3) is 10.2 Å². The molecule has 158 valence electrons. The summed E-state index contributed by atoms with van der Waals surface area (Å²) in [5.74, 6) is -0.334. The molecule has 1 heterocycles. The van der Waals surface area contributed by atoms with Crippen molar-refractivity contribution in [2.75, 3.05) is 11.9 Å². The van der Waals surface area contributed by atoms with Gasteiger partial charge in [0.2, 0.25) is 10.0 Å². The standard InChI is InChI=1S/C23H21N3O3S2/c1-2-26(16-17-8-4-3-5-9-17)31(28,29)19-14-12-18(13-15-19)22(27)25-23-24-20-10-6-7-11-21(20)30-23/h3-15H,2,16H2,1H3,(H,24,25,27). The molecule has 0 saturated carbocycles. The zero-order valence-corrected chi connectivity index (χ0v) is 18.5. The molecule has 3 aromatic carbocycles. The van der Waals surface area contributed by atoms with E-state index >= 15 is 0 Å². The second-order valence-electron chi connectivity index (χ2n) is 6.88. The monoisotopic (exact) mass is 451 g/mol. The van der Waals surface area contributed by atoms with Gasteiger partial charge in [-0.3, -0.25) is 10.1 Å². The van der Waals surface area contributed by atoms with Crippen molar-refractivity contribution < 1.29 is 13.2 Å². The lowest BCUT2D eigenvalue weighted by atomic mass is 10.2. The molecule has 0 saturated heterocycles. The van der Waals surface area contributed by atoms with Gasteiger partial charge in [0, 0.05) is 18.7 Å². The maximum atomic E-state index is 13.1. The number of aromatic nitrogens is 1. The number of carbonyl (C=O) groups excluding carboxylic acids is 1. The van der Waals surface area contributed by atoms with E-state index in [-0.39, 0.29) is 10.8 Å². The third-order valence-corrected chi connectivity index (χ3v) is 7.71. The highest BCUT2D eigenvalue weighted by molar-refractivity contribution is 7.89. The third-order valence-electron chi connectivity index (χ3n) is 4.82. The predicted molar refractivity (Wildman–Crippen MR) is 124 cm³/mol. The van der Waals surface area contributed by atoms with E-state index in [0.717, 1.165) is 15.8 Å². The number of nitrogens with zero attached hydrogens (tertiary/aromatic N) is 2. The Bertz CT molecular complexity index is 1270. The minimum absolute atomic E-state index is 0.154. The van der Waals surface area contributed by atoms with Gasteiger partial charge in [-0.05, 0) is 42.0 Å². The van der Waals surface area contributed by atoms with Crippen LogP contribution < -0.4 is 5.32 Å². The summed E-state index contributed by atoms with van der Waals surface area (Å²) in [4.78, 5) is 17.1. The van der Waals surface area contributed by atoms with Gasteiger partial charge in [-0.25, -0.2) is 13.4 Å². The van der Waals surface area contributed by atoms with Crippen molar-refractivity contribution in [3.05, 3.63) is 90.0 Å². The van der Waals surface area contributed by atoms with Crippen molar-refractivity contribution in [2.24, 2.45) is 0 Å². The summed E-state index contributed by atoms with van der Waals surface area (Å²) in [5.41, 5.74) is 2.10. The van der Waals surface area contributed by atoms with E-state index in [2.05, 4.69) is 10.3 Å². The number of sulfonamides is 1. The van der Waals surface area contributed by atoms with Crippen LogP contribution in [0.5, 0.6) is 0 Å². The Kier molecular flexibility index (Phi) is 6.13. The predicted octanol–water partition coefficient (Wildman–Crippen LogP) is 4.76. The fraction of sp³-hybridized carbons (Fsp3) is 0.130. The third kappa shape index (κ3) is 4.66. The molecule has 6 nitrogen and oxygen atoms in total. The van der Waals surface area contributed by atoms with Crippen LogP contribution in [0.3, 0.4) is 0 Å². The molecule has 0 fully saturated rings. The zero-order valence-electron chi connectivity index (χ0n) is 16.9. The van der Waals surface area contributed by atoms with Crippen molar-refractivity contribution in [3.63, 3.8) is 0 Å². The number of hydrogen-bond donors (Lipinski definition) is 1. The van der Waals surface area contributed by atoms with Crippen LogP contribution >= 0.6 is 11.3 Å². The van der Waals surface area contributed by atoms with E-state index in [1.807, 2.05) is 54.6 Å². The van der Waals surface area contributed by atoms with E-state index in [1.165, 1.54) is 39.9 Å². The largest absolute Gasteiger partial charge is 0.298 e. The summed E-state index contributed by atoms with van der Waals surface area (Å²) < 4.78 is 28.5. The van der Waals surface area contributed by atoms with E-state index in [4.69, 9.17) is 0 Å². The van der Waals surface area contributed by atoms with Gasteiger partial charge < -0.3 is 0 Å². The molecule has 0 atom stereocenters. The highest BCUT2D eigenvalue weighted by Gasteiger charge is 2.23. The number of benzene rings is 3. The molecular formula is C23H21N3O3S2. The molecule has 4 rings (SSSR count). The highest BCUT2D eigenvalue weighted by atomic mass is 32.2. The Labute approximate surface area is 185 Å². The Morgan fingerprint density at radius 1 is 0.968 bits per heavy atom. The van der Waals surface area contributed by atoms with Crippen LogP contribution in [0, 0.1) is 0 Å². The fourth-order valence-corrected chi connectivity index (χ4v) is 5.47. The molecule has 1 N–H and O–H groups in total. The number of rotatable bonds is 7. The average Bonchev–Trinajstić information content (AvgIpc) is 3.20. The van der Waals surface area contributed by atoms with Crippen molar-refractivity contribution in [2.45, 2.75) is 18.4 Å². The summed E-state index contributed by atoms with van der Waals surface area (Å²) in [6.45, 7) is 2.44. The van der Waals surface area contributed by atoms with Crippen LogP contribution in [0.15, 0.2) is 83.8 Å². The summed E-state index contributed by atoms with van der Waals surface area (Å²) in [6, 6.07) is 23.1. The lowest BCUT2D eigenvalue weighted by Crippen LogP contribution is -2.30. The molecule has 0 spiro atoms. The van der Waals surface area contributed by atoms with Crippen LogP contribution in [0.2, 0.25) is 0 Å². The lowest BCUT2D eigenvalue weighted by Gasteiger charge is -2.20. The first-order chi connectivity index (χ1) is 15.0. The summed E-state index contributed by atoms with van der Waals surface area (Å²) in [5, 5.41) is 3.28. The molecule has 1 aromatic heterocycles. The van der Waals surface area contributed by atoms with Crippen LogP contribution in [0.1, 0.15) is 22.8 Å². The van der Waals surface area contributed by atoms with Crippen molar-refractivity contribution >= 4 is 42.6 Å². The Hall–Kier alpha value is -3.07. The molecule has 4 aromatic rings. The van der Waals surface area contributed by atoms with Crippen molar-refractivity contribution in [1.82, 2.24) is 9.29 Å². The van der Waals surface area contributed by atoms with Gasteiger partial charge in [-0.1, -0.05) is 60.7 Å². The maximum absolute atomic E-state index is 13.1. The molecule has 0 unspecified atom stereocenters. The van der Waals surface area contributed by atoms with Gasteiger partial charge in [0.05, 0.1) is 15.1 Å². The normalized spacial score (nSPS) is 11.7. The highest BCUT2D eigenvalue weighted by Crippen LogP contribution is 2.26. The molecule has 0 bridgehead atoms. The maximum Gasteiger partial charge on any atom is 0.257 e. The minimum atomic E-state index is -3.68. The molecule has 8 heteroatoms. The number of hydrogen-bond acceptors (Lipinski definition) is 5. The average molecular weight is 452 g/mol. The topological polar surface area (TPSA) is 79.4 Å². The SMILES string of the molecule is CCN(Cc1ccccc1)S(=O)(=O)c1ccc(C(=O)Nc2nc3ccccc3s2)cc1. The summed E-state index contributed by atoms with van der Waals surface area (Å²) >= 11 is 1.39. The summed E-state index contributed by atoms with van der Waals surface area (Å²) in [6.07, 6.45) is 0. The van der Waals surface area contributed by atoms with E-state index in [1.54, 1.807) is 6.92 Å². The molecule has 0 aliphatic carbocycles. The molecule has 1 amide bonds. The quantitative estimate of drug-likeness (QED) is 0.439. The van der Waals surface area contributed by atoms with Crippen molar-refractivity contribution in [3.8, 4) is 0 Å². The van der Waals surface area contributed by atoms with Crippen LogP contribution in [0.4, 0.5) is 5.13 Å². The van der Waals surface area contributed by atoms with Gasteiger partial charge >= 0.3 is 0 Å². The van der Waals surface area contributed by atoms with Crippen molar-refractivity contribution in [1.29, 1.82) is 0 Å². The Morgan fingerprint density at radius 2 is 1.65 bits per heavy atom. The number of fused-ring (bicyclic) bond motifs is 1. The second-order valence-corrected chi connectivity index (χ2v) is 9.85. The first-order valence-corrected chi connectivity index (χ1v) is 12.0. The zero-order chi connectivity index (χ0) is 21.8. The molecule has 0 aliphatic heterocycles. The molecule has 31 heavy (non-hydrogen) atoms. The number of nitrogens with one attached hydrogen (secondary N) is 1. The first-order valence-electron chi connectivity index (χ1n) is 9.78. The fourth-order valence-electron chi connectivity index (χ4n) is 3.18. The van der Waals surface area contributed by atoms with Crippen LogP contribution in [-0.4, -0.2) is 30.2 Å². The summed E-state index contributed by atoms with van der Waals surface area (Å²) in [7, 11) is -3.68. The van der Waals surface area contributed by atoms with Crippen LogP contribution in [-0.2, 0) is 16.6 Å². The van der Waals surface area contributed by atoms with E-state index < -0.39 is 10.0 Å². The second kappa shape index (κ2) is 8.97. The molecule has 0 aliphatic rings. The van der Waals surface area contributed by atoms with Gasteiger partial charge in [0.1, 0.15) is 0 Å². The van der Waals surface area contributed by atoms with E-state index in [0.29, 0.717) is 23.8 Å². The van der Waals surface area contributed by atoms with Gasteiger partial charge in [-0.2, -0.15) is 4.31 Å². The van der Waals surface area contributed by atoms with Gasteiger partial charge in [0.25, 0.3) is 5.91 Å². The van der Waals surface area contributed by atoms with Gasteiger partial charge in [0.15, 0.2) is 5.13 Å². The minimum Gasteiger partial charge on any atom is -0.298 e. The lowest BCUT2D eigenvalue weighted by molar-refractivity contribution is 0.102. The van der Waals surface area contributed by atoms with Gasteiger partial charge in [-0.15, -0.1) is 0 Å². The number of amides is 1. The van der Waals surface area contributed by atoms with E-state index in [9.17, 15) is 13.2 Å². The molecular weight excluding hydrogens is 430 g/mol. The smallest absolute Gasteiger partial charge is 0.257 e. The Morgan fingerprint density at radius 3 is 2.32 bits per heavy atom. The molecule has 0 radical (unpaired) electrons. The number of para-hydroxylation sites is 1. The first kappa shape index (κ1) is 21.2. The number of thiazole rings is 1. The Balaban J connectivity index is 1.50.